The Morgan fingerprint density at radius 2 is 2.25 bits per heavy atom. The zero-order valence-corrected chi connectivity index (χ0v) is 6.98. The zero-order chi connectivity index (χ0) is 8.55. The molecule has 0 aliphatic carbocycles. The molecule has 0 radical (unpaired) electrons. The maximum Gasteiger partial charge on any atom is 0.263 e. The first kappa shape index (κ1) is 7.09. The van der Waals surface area contributed by atoms with Crippen LogP contribution in [0, 0.1) is 6.92 Å². The van der Waals surface area contributed by atoms with E-state index in [0.717, 1.165) is 11.6 Å². The molecule has 0 aliphatic heterocycles. The molecule has 2 aromatic heterocycles. The second kappa shape index (κ2) is 2.48. The third kappa shape index (κ3) is 1.01. The molecule has 62 valence electrons. The molecule has 2 aromatic rings. The summed E-state index contributed by atoms with van der Waals surface area (Å²) < 4.78 is 7.18. The topological polar surface area (TPSA) is 43.9 Å². The van der Waals surface area contributed by atoms with Crippen LogP contribution in [0.4, 0.5) is 0 Å². The van der Waals surface area contributed by atoms with Gasteiger partial charge >= 0.3 is 0 Å². The minimum Gasteiger partial charge on any atom is -0.439 e. The first-order valence-electron chi connectivity index (χ1n) is 3.67. The van der Waals surface area contributed by atoms with Gasteiger partial charge in [0.05, 0.1) is 6.20 Å². The lowest BCUT2D eigenvalue weighted by molar-refractivity contribution is 0.535. The van der Waals surface area contributed by atoms with Crippen molar-refractivity contribution >= 4 is 0 Å². The molecular formula is C8H9N3O. The highest BCUT2D eigenvalue weighted by atomic mass is 16.4. The molecule has 0 unspecified atom stereocenters. The van der Waals surface area contributed by atoms with E-state index in [1.54, 1.807) is 12.4 Å². The highest BCUT2D eigenvalue weighted by molar-refractivity contribution is 5.40. The monoisotopic (exact) mass is 163 g/mol. The number of hydrogen-bond donors (Lipinski definition) is 0. The van der Waals surface area contributed by atoms with Gasteiger partial charge in [0.1, 0.15) is 5.76 Å². The molecular weight excluding hydrogens is 154 g/mol. The lowest BCUT2D eigenvalue weighted by atomic mass is 10.6. The molecule has 0 amide bonds. The Morgan fingerprint density at radius 1 is 1.42 bits per heavy atom. The fourth-order valence-corrected chi connectivity index (χ4v) is 1.03. The van der Waals surface area contributed by atoms with Crippen molar-refractivity contribution in [1.29, 1.82) is 0 Å². The third-order valence-corrected chi connectivity index (χ3v) is 1.63. The average molecular weight is 163 g/mol. The van der Waals surface area contributed by atoms with Crippen LogP contribution in [0.5, 0.6) is 0 Å². The Hall–Kier alpha value is -1.58. The van der Waals surface area contributed by atoms with Crippen molar-refractivity contribution in [3.05, 3.63) is 24.4 Å². The van der Waals surface area contributed by atoms with Gasteiger partial charge in [0.2, 0.25) is 0 Å². The van der Waals surface area contributed by atoms with Crippen LogP contribution in [-0.2, 0) is 7.05 Å². The molecule has 0 bridgehead atoms. The summed E-state index contributed by atoms with van der Waals surface area (Å²) in [6.07, 6.45) is 5.26. The smallest absolute Gasteiger partial charge is 0.263 e. The van der Waals surface area contributed by atoms with Crippen LogP contribution in [0.25, 0.3) is 11.7 Å². The van der Waals surface area contributed by atoms with Gasteiger partial charge < -0.3 is 8.98 Å². The Bertz CT molecular complexity index is 388. The van der Waals surface area contributed by atoms with E-state index in [9.17, 15) is 0 Å². The van der Waals surface area contributed by atoms with Crippen LogP contribution >= 0.6 is 0 Å². The predicted octanol–water partition coefficient (Wildman–Crippen LogP) is 1.38. The first-order valence-corrected chi connectivity index (χ1v) is 3.67. The van der Waals surface area contributed by atoms with Crippen LogP contribution in [0.2, 0.25) is 0 Å². The Morgan fingerprint density at radius 3 is 2.75 bits per heavy atom. The number of rotatable bonds is 1. The molecule has 12 heavy (non-hydrogen) atoms. The van der Waals surface area contributed by atoms with Gasteiger partial charge in [-0.3, -0.25) is 0 Å². The molecule has 0 aromatic carbocycles. The van der Waals surface area contributed by atoms with E-state index in [4.69, 9.17) is 4.42 Å². The van der Waals surface area contributed by atoms with Gasteiger partial charge in [-0.1, -0.05) is 0 Å². The molecule has 0 N–H and O–H groups in total. The number of oxazole rings is 1. The van der Waals surface area contributed by atoms with Gasteiger partial charge in [-0.05, 0) is 6.92 Å². The molecule has 4 heteroatoms. The van der Waals surface area contributed by atoms with Gasteiger partial charge in [0.15, 0.2) is 5.82 Å². The SMILES string of the molecule is Cc1cnc(-c2nccn2C)o1. The largest absolute Gasteiger partial charge is 0.439 e. The van der Waals surface area contributed by atoms with Crippen molar-refractivity contribution < 1.29 is 4.42 Å². The summed E-state index contributed by atoms with van der Waals surface area (Å²) >= 11 is 0. The highest BCUT2D eigenvalue weighted by Gasteiger charge is 2.07. The van der Waals surface area contributed by atoms with Crippen LogP contribution in [0.1, 0.15) is 5.76 Å². The summed E-state index contributed by atoms with van der Waals surface area (Å²) in [5, 5.41) is 0. The third-order valence-electron chi connectivity index (χ3n) is 1.63. The lowest BCUT2D eigenvalue weighted by Crippen LogP contribution is -1.90. The molecule has 0 fully saturated rings. The number of aryl methyl sites for hydroxylation is 2. The quantitative estimate of drug-likeness (QED) is 0.638. The molecule has 0 aliphatic rings. The zero-order valence-electron chi connectivity index (χ0n) is 6.98. The van der Waals surface area contributed by atoms with Crippen LogP contribution in [-0.4, -0.2) is 14.5 Å². The Balaban J connectivity index is 2.50. The van der Waals surface area contributed by atoms with E-state index in [-0.39, 0.29) is 0 Å². The van der Waals surface area contributed by atoms with Crippen molar-refractivity contribution in [2.75, 3.05) is 0 Å². The Kier molecular flexibility index (Phi) is 1.46. The maximum absolute atomic E-state index is 5.31. The van der Waals surface area contributed by atoms with E-state index in [0.29, 0.717) is 5.89 Å². The summed E-state index contributed by atoms with van der Waals surface area (Å²) in [6, 6.07) is 0. The number of hydrogen-bond acceptors (Lipinski definition) is 3. The number of aromatic nitrogens is 3. The second-order valence-corrected chi connectivity index (χ2v) is 2.64. The van der Waals surface area contributed by atoms with Gasteiger partial charge in [-0.25, -0.2) is 9.97 Å². The van der Waals surface area contributed by atoms with Gasteiger partial charge in [0, 0.05) is 19.4 Å². The first-order chi connectivity index (χ1) is 5.77. The minimum atomic E-state index is 0.569. The normalized spacial score (nSPS) is 10.5. The standard InChI is InChI=1S/C8H9N3O/c1-6-5-10-8(12-6)7-9-3-4-11(7)2/h3-5H,1-2H3. The average Bonchev–Trinajstić information content (AvgIpc) is 2.58. The van der Waals surface area contributed by atoms with Crippen LogP contribution in [0.15, 0.2) is 23.0 Å². The number of nitrogens with zero attached hydrogens (tertiary/aromatic N) is 3. The highest BCUT2D eigenvalue weighted by Crippen LogP contribution is 2.15. The van der Waals surface area contributed by atoms with Crippen LogP contribution in [0.3, 0.4) is 0 Å². The summed E-state index contributed by atoms with van der Waals surface area (Å²) in [5.74, 6) is 2.12. The van der Waals surface area contributed by atoms with Crippen molar-refractivity contribution in [1.82, 2.24) is 14.5 Å². The molecule has 0 spiro atoms. The van der Waals surface area contributed by atoms with Gasteiger partial charge in [0.25, 0.3) is 5.89 Å². The number of imidazole rings is 1. The van der Waals surface area contributed by atoms with Crippen LogP contribution < -0.4 is 0 Å². The summed E-state index contributed by atoms with van der Waals surface area (Å²) in [4.78, 5) is 8.18. The van der Waals surface area contributed by atoms with E-state index in [2.05, 4.69) is 9.97 Å². The summed E-state index contributed by atoms with van der Waals surface area (Å²) in [5.41, 5.74) is 0. The fourth-order valence-electron chi connectivity index (χ4n) is 1.03. The van der Waals surface area contributed by atoms with E-state index < -0.39 is 0 Å². The molecule has 0 atom stereocenters. The molecule has 0 saturated heterocycles. The van der Waals surface area contributed by atoms with E-state index in [1.165, 1.54) is 0 Å². The Labute approximate surface area is 69.9 Å². The molecule has 2 heterocycles. The maximum atomic E-state index is 5.31. The van der Waals surface area contributed by atoms with Gasteiger partial charge in [-0.2, -0.15) is 0 Å². The lowest BCUT2D eigenvalue weighted by Gasteiger charge is -1.93. The predicted molar refractivity (Wildman–Crippen MR) is 43.4 cm³/mol. The minimum absolute atomic E-state index is 0.569. The molecule has 4 nitrogen and oxygen atoms in total. The summed E-state index contributed by atoms with van der Waals surface area (Å²) in [7, 11) is 1.90. The second-order valence-electron chi connectivity index (χ2n) is 2.64. The van der Waals surface area contributed by atoms with E-state index >= 15 is 0 Å². The van der Waals surface area contributed by atoms with Crippen molar-refractivity contribution in [3.63, 3.8) is 0 Å². The van der Waals surface area contributed by atoms with Crippen molar-refractivity contribution in [3.8, 4) is 11.7 Å². The summed E-state index contributed by atoms with van der Waals surface area (Å²) in [6.45, 7) is 1.86. The molecule has 2 rings (SSSR count). The fraction of sp³-hybridized carbons (Fsp3) is 0.250. The van der Waals surface area contributed by atoms with Crippen molar-refractivity contribution in [2.45, 2.75) is 6.92 Å². The van der Waals surface area contributed by atoms with Crippen molar-refractivity contribution in [2.24, 2.45) is 7.05 Å². The van der Waals surface area contributed by atoms with Gasteiger partial charge in [-0.15, -0.1) is 0 Å². The van der Waals surface area contributed by atoms with E-state index in [1.807, 2.05) is 24.7 Å². The molecule has 0 saturated carbocycles.